The Kier molecular flexibility index (Phi) is 4.68. The quantitative estimate of drug-likeness (QED) is 0.852. The van der Waals surface area contributed by atoms with Crippen molar-refractivity contribution in [1.82, 2.24) is 9.88 Å². The van der Waals surface area contributed by atoms with Gasteiger partial charge in [-0.05, 0) is 18.1 Å². The lowest BCUT2D eigenvalue weighted by atomic mass is 10.1. The molecule has 2 heterocycles. The fourth-order valence-electron chi connectivity index (χ4n) is 2.69. The number of carbonyl (C=O) groups excluding carboxylic acids is 1. The third-order valence-corrected chi connectivity index (χ3v) is 3.89. The minimum atomic E-state index is 0.0515. The average molecular weight is 296 g/mol. The first kappa shape index (κ1) is 14.6. The van der Waals surface area contributed by atoms with Crippen LogP contribution in [0.3, 0.4) is 0 Å². The fraction of sp³-hybridized carbons (Fsp3) is 0.333. The zero-order valence-electron chi connectivity index (χ0n) is 12.5. The third kappa shape index (κ3) is 3.85. The Morgan fingerprint density at radius 2 is 2.00 bits per heavy atom. The van der Waals surface area contributed by atoms with E-state index >= 15 is 0 Å². The number of pyridine rings is 1. The summed E-state index contributed by atoms with van der Waals surface area (Å²) in [6.45, 7) is 1.43. The minimum absolute atomic E-state index is 0.0515. The number of benzene rings is 1. The van der Waals surface area contributed by atoms with Crippen molar-refractivity contribution in [2.45, 2.75) is 25.4 Å². The predicted molar refractivity (Wildman–Crippen MR) is 84.6 cm³/mol. The minimum Gasteiger partial charge on any atom is -0.472 e. The molecule has 22 heavy (non-hydrogen) atoms. The van der Waals surface area contributed by atoms with Gasteiger partial charge in [-0.15, -0.1) is 0 Å². The van der Waals surface area contributed by atoms with E-state index in [-0.39, 0.29) is 12.0 Å². The maximum Gasteiger partial charge on any atom is 0.223 e. The van der Waals surface area contributed by atoms with Crippen LogP contribution in [0, 0.1) is 0 Å². The monoisotopic (exact) mass is 296 g/mol. The van der Waals surface area contributed by atoms with E-state index in [1.54, 1.807) is 6.20 Å². The number of carbonyl (C=O) groups is 1. The number of hydrogen-bond donors (Lipinski definition) is 0. The van der Waals surface area contributed by atoms with Gasteiger partial charge in [0.25, 0.3) is 0 Å². The lowest BCUT2D eigenvalue weighted by Crippen LogP contribution is -2.31. The molecule has 1 fully saturated rings. The van der Waals surface area contributed by atoms with Gasteiger partial charge in [-0.3, -0.25) is 4.79 Å². The predicted octanol–water partition coefficient (Wildman–Crippen LogP) is 2.69. The molecule has 0 N–H and O–H groups in total. The molecular formula is C18H20N2O2. The first-order valence-electron chi connectivity index (χ1n) is 7.70. The van der Waals surface area contributed by atoms with Crippen molar-refractivity contribution >= 4 is 5.91 Å². The summed E-state index contributed by atoms with van der Waals surface area (Å²) >= 11 is 0. The van der Waals surface area contributed by atoms with Crippen LogP contribution >= 0.6 is 0 Å². The van der Waals surface area contributed by atoms with Gasteiger partial charge in [-0.2, -0.15) is 0 Å². The molecule has 0 bridgehead atoms. The van der Waals surface area contributed by atoms with Crippen LogP contribution in [0.2, 0.25) is 0 Å². The molecule has 0 saturated carbocycles. The molecule has 114 valence electrons. The van der Waals surface area contributed by atoms with Crippen molar-refractivity contribution in [3.8, 4) is 5.88 Å². The molecule has 1 aromatic heterocycles. The number of amides is 1. The van der Waals surface area contributed by atoms with Crippen molar-refractivity contribution in [1.29, 1.82) is 0 Å². The van der Waals surface area contributed by atoms with Gasteiger partial charge in [0.1, 0.15) is 6.10 Å². The first-order valence-corrected chi connectivity index (χ1v) is 7.70. The van der Waals surface area contributed by atoms with Crippen LogP contribution in [-0.2, 0) is 11.2 Å². The number of nitrogens with zero attached hydrogens (tertiary/aromatic N) is 2. The zero-order chi connectivity index (χ0) is 15.2. The van der Waals surface area contributed by atoms with E-state index in [0.717, 1.165) is 19.4 Å². The molecule has 1 aliphatic rings. The summed E-state index contributed by atoms with van der Waals surface area (Å²) < 4.78 is 5.81. The SMILES string of the molecule is O=C(CCc1ccccc1)N1CCC(Oc2ccccn2)C1. The first-order chi connectivity index (χ1) is 10.8. The van der Waals surface area contributed by atoms with Crippen LogP contribution in [0.1, 0.15) is 18.4 Å². The number of hydrogen-bond acceptors (Lipinski definition) is 3. The van der Waals surface area contributed by atoms with Crippen LogP contribution < -0.4 is 4.74 Å². The lowest BCUT2D eigenvalue weighted by molar-refractivity contribution is -0.130. The summed E-state index contributed by atoms with van der Waals surface area (Å²) in [6.07, 6.45) is 3.98. The number of aryl methyl sites for hydroxylation is 1. The Hall–Kier alpha value is -2.36. The maximum absolute atomic E-state index is 12.3. The van der Waals surface area contributed by atoms with Crippen molar-refractivity contribution < 1.29 is 9.53 Å². The van der Waals surface area contributed by atoms with Crippen molar-refractivity contribution in [3.05, 3.63) is 60.3 Å². The zero-order valence-corrected chi connectivity index (χ0v) is 12.5. The van der Waals surface area contributed by atoms with Crippen molar-refractivity contribution in [3.63, 3.8) is 0 Å². The molecule has 1 atom stereocenters. The molecule has 1 aliphatic heterocycles. The second-order valence-corrected chi connectivity index (χ2v) is 5.52. The standard InChI is InChI=1S/C18H20N2O2/c21-18(10-9-15-6-2-1-3-7-15)20-13-11-16(14-20)22-17-8-4-5-12-19-17/h1-8,12,16H,9-11,13-14H2. The molecule has 1 aromatic carbocycles. The molecule has 1 unspecified atom stereocenters. The van der Waals surface area contributed by atoms with Gasteiger partial charge < -0.3 is 9.64 Å². The van der Waals surface area contributed by atoms with Gasteiger partial charge in [0.15, 0.2) is 0 Å². The largest absolute Gasteiger partial charge is 0.472 e. The van der Waals surface area contributed by atoms with Crippen LogP contribution in [0.15, 0.2) is 54.7 Å². The highest BCUT2D eigenvalue weighted by Gasteiger charge is 2.27. The molecule has 0 radical (unpaired) electrons. The number of rotatable bonds is 5. The topological polar surface area (TPSA) is 42.4 Å². The van der Waals surface area contributed by atoms with Crippen LogP contribution in [-0.4, -0.2) is 35.0 Å². The Morgan fingerprint density at radius 3 is 2.77 bits per heavy atom. The highest BCUT2D eigenvalue weighted by molar-refractivity contribution is 5.76. The van der Waals surface area contributed by atoms with E-state index in [4.69, 9.17) is 4.74 Å². The lowest BCUT2D eigenvalue weighted by Gasteiger charge is -2.17. The summed E-state index contributed by atoms with van der Waals surface area (Å²) in [5.41, 5.74) is 1.20. The van der Waals surface area contributed by atoms with E-state index in [1.807, 2.05) is 41.3 Å². The van der Waals surface area contributed by atoms with Gasteiger partial charge in [0.05, 0.1) is 6.54 Å². The summed E-state index contributed by atoms with van der Waals surface area (Å²) in [4.78, 5) is 18.3. The molecule has 4 nitrogen and oxygen atoms in total. The van der Waals surface area contributed by atoms with Gasteiger partial charge in [0, 0.05) is 31.6 Å². The van der Waals surface area contributed by atoms with Gasteiger partial charge >= 0.3 is 0 Å². The summed E-state index contributed by atoms with van der Waals surface area (Å²) in [6, 6.07) is 15.7. The molecule has 3 rings (SSSR count). The summed E-state index contributed by atoms with van der Waals surface area (Å²) in [5.74, 6) is 0.835. The summed E-state index contributed by atoms with van der Waals surface area (Å²) in [7, 11) is 0. The van der Waals surface area contributed by atoms with Crippen LogP contribution in [0.4, 0.5) is 0 Å². The number of ether oxygens (including phenoxy) is 1. The normalized spacial score (nSPS) is 17.5. The fourth-order valence-corrected chi connectivity index (χ4v) is 2.69. The van der Waals surface area contributed by atoms with Crippen molar-refractivity contribution in [2.75, 3.05) is 13.1 Å². The van der Waals surface area contributed by atoms with Crippen LogP contribution in [0.25, 0.3) is 0 Å². The Labute approximate surface area is 130 Å². The van der Waals surface area contributed by atoms with Gasteiger partial charge in [0.2, 0.25) is 11.8 Å². The molecule has 4 heteroatoms. The average Bonchev–Trinajstić information content (AvgIpc) is 3.03. The second kappa shape index (κ2) is 7.07. The third-order valence-electron chi connectivity index (χ3n) is 3.89. The van der Waals surface area contributed by atoms with E-state index < -0.39 is 0 Å². The molecule has 2 aromatic rings. The number of likely N-dealkylation sites (tertiary alicyclic amines) is 1. The number of aromatic nitrogens is 1. The van der Waals surface area contributed by atoms with Gasteiger partial charge in [-0.25, -0.2) is 4.98 Å². The summed E-state index contributed by atoms with van der Waals surface area (Å²) in [5, 5.41) is 0. The van der Waals surface area contributed by atoms with E-state index in [1.165, 1.54) is 5.56 Å². The Balaban J connectivity index is 1.46. The van der Waals surface area contributed by atoms with E-state index in [9.17, 15) is 4.79 Å². The van der Waals surface area contributed by atoms with Crippen molar-refractivity contribution in [2.24, 2.45) is 0 Å². The molecule has 1 saturated heterocycles. The molecular weight excluding hydrogens is 276 g/mol. The maximum atomic E-state index is 12.3. The molecule has 0 spiro atoms. The second-order valence-electron chi connectivity index (χ2n) is 5.52. The highest BCUT2D eigenvalue weighted by Crippen LogP contribution is 2.17. The highest BCUT2D eigenvalue weighted by atomic mass is 16.5. The molecule has 1 amide bonds. The van der Waals surface area contributed by atoms with Gasteiger partial charge in [-0.1, -0.05) is 36.4 Å². The van der Waals surface area contributed by atoms with E-state index in [2.05, 4.69) is 17.1 Å². The van der Waals surface area contributed by atoms with E-state index in [0.29, 0.717) is 18.8 Å². The molecule has 0 aliphatic carbocycles. The van der Waals surface area contributed by atoms with Crippen LogP contribution in [0.5, 0.6) is 5.88 Å². The smallest absolute Gasteiger partial charge is 0.223 e. The Morgan fingerprint density at radius 1 is 1.18 bits per heavy atom. The Bertz CT molecular complexity index is 601.